The van der Waals surface area contributed by atoms with Gasteiger partial charge in [-0.05, 0) is 74.2 Å². The Balaban J connectivity index is 1.55. The minimum atomic E-state index is -0.185. The van der Waals surface area contributed by atoms with Gasteiger partial charge < -0.3 is 4.57 Å². The highest BCUT2D eigenvalue weighted by molar-refractivity contribution is 6.03. The van der Waals surface area contributed by atoms with Crippen LogP contribution in [0.3, 0.4) is 0 Å². The van der Waals surface area contributed by atoms with Gasteiger partial charge in [-0.2, -0.15) is 5.10 Å². The van der Waals surface area contributed by atoms with Gasteiger partial charge in [0, 0.05) is 24.4 Å². The highest BCUT2D eigenvalue weighted by Gasteiger charge is 2.15. The van der Waals surface area contributed by atoms with Crippen LogP contribution in [0.5, 0.6) is 0 Å². The molecule has 0 unspecified atom stereocenters. The van der Waals surface area contributed by atoms with Crippen molar-refractivity contribution >= 4 is 11.9 Å². The zero-order valence-electron chi connectivity index (χ0n) is 18.6. The summed E-state index contributed by atoms with van der Waals surface area (Å²) in [5, 5.41) is 7.36. The number of rotatable bonds is 5. The molecule has 0 aliphatic heterocycles. The second-order valence-corrected chi connectivity index (χ2v) is 8.09. The van der Waals surface area contributed by atoms with E-state index < -0.39 is 0 Å². The number of carbonyl (C=O) groups is 1. The maximum Gasteiger partial charge on any atom is 0.257 e. The van der Waals surface area contributed by atoms with E-state index >= 15 is 0 Å². The van der Waals surface area contributed by atoms with Crippen molar-refractivity contribution in [3.63, 3.8) is 0 Å². The van der Waals surface area contributed by atoms with Crippen molar-refractivity contribution in [1.29, 1.82) is 0 Å². The molecule has 0 saturated heterocycles. The Labute approximate surface area is 182 Å². The minimum absolute atomic E-state index is 0.185. The predicted octanol–water partition coefficient (Wildman–Crippen LogP) is 4.82. The number of nitrogens with zero attached hydrogens (tertiary/aromatic N) is 4. The average Bonchev–Trinajstić information content (AvgIpc) is 3.30. The van der Waals surface area contributed by atoms with E-state index in [0.717, 1.165) is 22.5 Å². The van der Waals surface area contributed by atoms with Crippen LogP contribution < -0.4 is 5.32 Å². The lowest BCUT2D eigenvalue weighted by atomic mass is 9.99. The lowest BCUT2D eigenvalue weighted by Crippen LogP contribution is -2.15. The number of amides is 1. The SMILES string of the molecule is Cc1ccn(Cc2cccc(C(=O)Nc3ncc(-c4cc(C)c(C)cc4C)n3C)c2)n1. The van der Waals surface area contributed by atoms with E-state index in [1.165, 1.54) is 16.7 Å². The number of hydrogen-bond acceptors (Lipinski definition) is 3. The maximum atomic E-state index is 12.9. The first-order valence-corrected chi connectivity index (χ1v) is 10.3. The molecule has 0 aliphatic rings. The Morgan fingerprint density at radius 2 is 1.77 bits per heavy atom. The van der Waals surface area contributed by atoms with Crippen LogP contribution in [0.4, 0.5) is 5.95 Å². The number of imidazole rings is 1. The molecule has 4 aromatic rings. The molecule has 0 bridgehead atoms. The van der Waals surface area contributed by atoms with Crippen molar-refractivity contribution < 1.29 is 4.79 Å². The summed E-state index contributed by atoms with van der Waals surface area (Å²) in [7, 11) is 1.92. The van der Waals surface area contributed by atoms with Gasteiger partial charge in [0.25, 0.3) is 5.91 Å². The molecule has 31 heavy (non-hydrogen) atoms. The minimum Gasteiger partial charge on any atom is -0.313 e. The van der Waals surface area contributed by atoms with Gasteiger partial charge in [0.1, 0.15) is 0 Å². The largest absolute Gasteiger partial charge is 0.313 e. The molecule has 2 aromatic carbocycles. The molecule has 1 amide bonds. The molecule has 6 nitrogen and oxygen atoms in total. The van der Waals surface area contributed by atoms with Gasteiger partial charge in [-0.25, -0.2) is 4.98 Å². The molecule has 0 aliphatic carbocycles. The van der Waals surface area contributed by atoms with E-state index in [2.05, 4.69) is 48.3 Å². The first-order chi connectivity index (χ1) is 14.8. The third-order valence-electron chi connectivity index (χ3n) is 5.64. The zero-order chi connectivity index (χ0) is 22.1. The van der Waals surface area contributed by atoms with Crippen molar-refractivity contribution in [3.05, 3.63) is 88.4 Å². The quantitative estimate of drug-likeness (QED) is 0.510. The Kier molecular flexibility index (Phi) is 5.46. The molecule has 158 valence electrons. The summed E-state index contributed by atoms with van der Waals surface area (Å²) in [6.07, 6.45) is 3.75. The van der Waals surface area contributed by atoms with Crippen molar-refractivity contribution in [3.8, 4) is 11.3 Å². The second kappa shape index (κ2) is 8.22. The fourth-order valence-electron chi connectivity index (χ4n) is 3.74. The Morgan fingerprint density at radius 3 is 2.52 bits per heavy atom. The number of nitrogens with one attached hydrogen (secondary N) is 1. The standard InChI is InChI=1S/C25H27N5O/c1-16-11-18(3)22(12-17(16)2)23-14-26-25(29(23)5)27-24(31)21-8-6-7-20(13-21)15-30-10-9-19(4)28-30/h6-14H,15H2,1-5H3,(H,26,27,31). The van der Waals surface area contributed by atoms with Gasteiger partial charge >= 0.3 is 0 Å². The number of anilines is 1. The summed E-state index contributed by atoms with van der Waals surface area (Å²) in [5.74, 6) is 0.335. The maximum absolute atomic E-state index is 12.9. The first-order valence-electron chi connectivity index (χ1n) is 10.3. The van der Waals surface area contributed by atoms with Crippen LogP contribution in [0.15, 0.2) is 54.9 Å². The monoisotopic (exact) mass is 413 g/mol. The van der Waals surface area contributed by atoms with Crippen molar-refractivity contribution in [2.45, 2.75) is 34.2 Å². The average molecular weight is 414 g/mol. The van der Waals surface area contributed by atoms with Gasteiger partial charge in [0.2, 0.25) is 5.95 Å². The van der Waals surface area contributed by atoms with Gasteiger partial charge in [-0.15, -0.1) is 0 Å². The van der Waals surface area contributed by atoms with Crippen molar-refractivity contribution in [1.82, 2.24) is 19.3 Å². The summed E-state index contributed by atoms with van der Waals surface area (Å²) >= 11 is 0. The summed E-state index contributed by atoms with van der Waals surface area (Å²) in [6, 6.07) is 13.9. The molecule has 0 radical (unpaired) electrons. The van der Waals surface area contributed by atoms with Crippen LogP contribution in [0.1, 0.15) is 38.3 Å². The highest BCUT2D eigenvalue weighted by atomic mass is 16.1. The summed E-state index contributed by atoms with van der Waals surface area (Å²) in [6.45, 7) is 8.89. The normalized spacial score (nSPS) is 11.0. The van der Waals surface area contributed by atoms with Gasteiger partial charge in [-0.3, -0.25) is 14.8 Å². The van der Waals surface area contributed by atoms with Gasteiger partial charge in [-0.1, -0.05) is 18.2 Å². The number of hydrogen-bond donors (Lipinski definition) is 1. The second-order valence-electron chi connectivity index (χ2n) is 8.09. The molecule has 0 saturated carbocycles. The molecule has 0 fully saturated rings. The third kappa shape index (κ3) is 4.28. The molecule has 2 heterocycles. The summed E-state index contributed by atoms with van der Waals surface area (Å²) < 4.78 is 3.79. The highest BCUT2D eigenvalue weighted by Crippen LogP contribution is 2.28. The number of aryl methyl sites for hydroxylation is 4. The van der Waals surface area contributed by atoms with Crippen molar-refractivity contribution in [2.75, 3.05) is 5.32 Å². The Bertz CT molecular complexity index is 1260. The van der Waals surface area contributed by atoms with Crippen LogP contribution in [-0.2, 0) is 13.6 Å². The van der Waals surface area contributed by atoms with E-state index in [1.807, 2.05) is 65.9 Å². The lowest BCUT2D eigenvalue weighted by molar-refractivity contribution is 0.102. The Morgan fingerprint density at radius 1 is 1.00 bits per heavy atom. The van der Waals surface area contributed by atoms with Gasteiger partial charge in [0.15, 0.2) is 0 Å². The van der Waals surface area contributed by atoms with Crippen LogP contribution in [-0.4, -0.2) is 25.2 Å². The summed E-state index contributed by atoms with van der Waals surface area (Å²) in [5.41, 5.74) is 8.35. The zero-order valence-corrected chi connectivity index (χ0v) is 18.6. The lowest BCUT2D eigenvalue weighted by Gasteiger charge is -2.12. The Hall–Kier alpha value is -3.67. The van der Waals surface area contributed by atoms with Crippen LogP contribution in [0.25, 0.3) is 11.3 Å². The van der Waals surface area contributed by atoms with E-state index in [9.17, 15) is 4.79 Å². The van der Waals surface area contributed by atoms with E-state index in [0.29, 0.717) is 18.1 Å². The molecular weight excluding hydrogens is 386 g/mol. The topological polar surface area (TPSA) is 64.7 Å². The van der Waals surface area contributed by atoms with Crippen LogP contribution >= 0.6 is 0 Å². The third-order valence-corrected chi connectivity index (χ3v) is 5.64. The molecule has 0 spiro atoms. The number of benzene rings is 2. The molecule has 1 N–H and O–H groups in total. The molecular formula is C25H27N5O. The fraction of sp³-hybridized carbons (Fsp3) is 0.240. The predicted molar refractivity (Wildman–Crippen MR) is 123 cm³/mol. The van der Waals surface area contributed by atoms with Gasteiger partial charge in [0.05, 0.1) is 24.1 Å². The van der Waals surface area contributed by atoms with E-state index in [1.54, 1.807) is 0 Å². The van der Waals surface area contributed by atoms with Crippen LogP contribution in [0.2, 0.25) is 0 Å². The number of aromatic nitrogens is 4. The number of carbonyl (C=O) groups excluding carboxylic acids is 1. The fourth-order valence-corrected chi connectivity index (χ4v) is 3.74. The summed E-state index contributed by atoms with van der Waals surface area (Å²) in [4.78, 5) is 17.4. The molecule has 4 rings (SSSR count). The molecule has 6 heteroatoms. The van der Waals surface area contributed by atoms with E-state index in [-0.39, 0.29) is 5.91 Å². The van der Waals surface area contributed by atoms with Crippen LogP contribution in [0, 0.1) is 27.7 Å². The smallest absolute Gasteiger partial charge is 0.257 e. The molecule has 0 atom stereocenters. The van der Waals surface area contributed by atoms with E-state index in [4.69, 9.17) is 0 Å². The molecule has 2 aromatic heterocycles. The first kappa shape index (κ1) is 20.6. The van der Waals surface area contributed by atoms with Crippen molar-refractivity contribution in [2.24, 2.45) is 7.05 Å².